The molecule has 0 unspecified atom stereocenters. The van der Waals surface area contributed by atoms with Gasteiger partial charge < -0.3 is 10.9 Å². The largest absolute Gasteiger partial charge is 0.426 e. The molecule has 0 aliphatic rings. The molecule has 1 aromatic heterocycles. The number of nitrogen functional groups attached to an aromatic ring is 1. The molecule has 4 N–H and O–H groups in total. The van der Waals surface area contributed by atoms with Crippen LogP contribution in [-0.2, 0) is 0 Å². The van der Waals surface area contributed by atoms with Gasteiger partial charge >= 0.3 is 0 Å². The van der Waals surface area contributed by atoms with Crippen molar-refractivity contribution in [1.29, 1.82) is 5.41 Å². The molecule has 9 heavy (non-hydrogen) atoms. The summed E-state index contributed by atoms with van der Waals surface area (Å²) in [6, 6.07) is 1.33. The van der Waals surface area contributed by atoms with Gasteiger partial charge in [0.1, 0.15) is 5.49 Å². The molecule has 1 rings (SSSR count). The number of aromatic nitrogens is 2. The summed E-state index contributed by atoms with van der Waals surface area (Å²) in [7, 11) is 0. The van der Waals surface area contributed by atoms with Crippen molar-refractivity contribution in [2.45, 2.75) is 0 Å². The van der Waals surface area contributed by atoms with E-state index in [4.69, 9.17) is 16.4 Å². The van der Waals surface area contributed by atoms with Gasteiger partial charge in [-0.1, -0.05) is 0 Å². The lowest BCUT2D eigenvalue weighted by molar-refractivity contribution is 0.187. The van der Waals surface area contributed by atoms with Gasteiger partial charge in [-0.2, -0.15) is 9.71 Å². The number of hydrogen-bond acceptors (Lipinski definition) is 4. The van der Waals surface area contributed by atoms with Gasteiger partial charge in [-0.15, -0.1) is 0 Å². The van der Waals surface area contributed by atoms with E-state index >= 15 is 0 Å². The minimum atomic E-state index is -0.0810. The summed E-state index contributed by atoms with van der Waals surface area (Å²) in [4.78, 5) is 3.43. The molecule has 0 amide bonds. The molecular formula is C4H6N4O. The van der Waals surface area contributed by atoms with Crippen molar-refractivity contribution < 1.29 is 5.21 Å². The number of nitrogens with two attached hydrogens (primary N) is 1. The molecule has 0 aliphatic carbocycles. The molecule has 5 nitrogen and oxygen atoms in total. The van der Waals surface area contributed by atoms with Crippen molar-refractivity contribution in [3.8, 4) is 0 Å². The van der Waals surface area contributed by atoms with Crippen LogP contribution in [0.2, 0.25) is 0 Å². The summed E-state index contributed by atoms with van der Waals surface area (Å²) < 4.78 is 0.651. The first kappa shape index (κ1) is 5.61. The second kappa shape index (κ2) is 1.77. The van der Waals surface area contributed by atoms with Crippen molar-refractivity contribution in [3.63, 3.8) is 0 Å². The molecule has 0 aromatic carbocycles. The summed E-state index contributed by atoms with van der Waals surface area (Å²) in [6.45, 7) is 0. The lowest BCUT2D eigenvalue weighted by atomic mass is 10.6. The number of anilines is 1. The topological polar surface area (TPSA) is 87.9 Å². The number of rotatable bonds is 0. The average Bonchev–Trinajstić information content (AvgIpc) is 1.80. The Bertz CT molecular complexity index is 266. The summed E-state index contributed by atoms with van der Waals surface area (Å²) in [5, 5.41) is 15.6. The molecule has 1 aromatic rings. The second-order valence-electron chi connectivity index (χ2n) is 1.52. The maximum atomic E-state index is 8.69. The Morgan fingerprint density at radius 3 is 2.89 bits per heavy atom. The zero-order valence-electron chi connectivity index (χ0n) is 4.57. The van der Waals surface area contributed by atoms with Gasteiger partial charge in [-0.25, -0.2) is 0 Å². The van der Waals surface area contributed by atoms with Crippen LogP contribution in [0.15, 0.2) is 12.3 Å². The Labute approximate surface area is 50.9 Å². The molecule has 1 heterocycles. The monoisotopic (exact) mass is 126 g/mol. The van der Waals surface area contributed by atoms with E-state index in [0.717, 1.165) is 0 Å². The Morgan fingerprint density at radius 2 is 2.44 bits per heavy atom. The van der Waals surface area contributed by atoms with E-state index in [1.165, 1.54) is 12.3 Å². The van der Waals surface area contributed by atoms with Crippen LogP contribution in [0.4, 0.5) is 5.95 Å². The number of hydrogen-bond donors (Lipinski definition) is 3. The molecule has 0 radical (unpaired) electrons. The van der Waals surface area contributed by atoms with E-state index in [-0.39, 0.29) is 11.4 Å². The third kappa shape index (κ3) is 0.987. The standard InChI is InChI=1S/C4H6N4O/c5-3-1-2-8(9)4(6)7-3/h1-2,9H,(H3,5,6,7). The smallest absolute Gasteiger partial charge is 0.235 e. The van der Waals surface area contributed by atoms with E-state index in [1.54, 1.807) is 0 Å². The first-order chi connectivity index (χ1) is 4.20. The molecule has 0 spiro atoms. The van der Waals surface area contributed by atoms with E-state index in [9.17, 15) is 0 Å². The molecule has 5 heteroatoms. The molecular weight excluding hydrogens is 120 g/mol. The maximum Gasteiger partial charge on any atom is 0.235 e. The lowest BCUT2D eigenvalue weighted by Gasteiger charge is -1.96. The van der Waals surface area contributed by atoms with Crippen LogP contribution >= 0.6 is 0 Å². The Hall–Kier alpha value is -1.52. The second-order valence-corrected chi connectivity index (χ2v) is 1.52. The van der Waals surface area contributed by atoms with Crippen molar-refractivity contribution in [1.82, 2.24) is 9.71 Å². The van der Waals surface area contributed by atoms with Gasteiger partial charge in [-0.05, 0) is 0 Å². The molecule has 0 aliphatic heterocycles. The van der Waals surface area contributed by atoms with Crippen molar-refractivity contribution in [3.05, 3.63) is 17.8 Å². The SMILES string of the molecule is N=c1ccn(O)c(N)n1. The zero-order chi connectivity index (χ0) is 6.85. The summed E-state index contributed by atoms with van der Waals surface area (Å²) >= 11 is 0. The van der Waals surface area contributed by atoms with Gasteiger partial charge in [-0.3, -0.25) is 5.41 Å². The molecule has 48 valence electrons. The highest BCUT2D eigenvalue weighted by atomic mass is 16.5. The van der Waals surface area contributed by atoms with Crippen LogP contribution in [0.25, 0.3) is 0 Å². The van der Waals surface area contributed by atoms with Gasteiger partial charge in [0.05, 0.1) is 6.20 Å². The summed E-state index contributed by atoms with van der Waals surface area (Å²) in [6.07, 6.45) is 1.25. The predicted molar refractivity (Wildman–Crippen MR) is 29.7 cm³/mol. The zero-order valence-corrected chi connectivity index (χ0v) is 4.57. The fourth-order valence-electron chi connectivity index (χ4n) is 0.429. The number of nitrogens with one attached hydrogen (secondary N) is 1. The average molecular weight is 126 g/mol. The molecule has 0 atom stereocenters. The minimum absolute atomic E-state index is 0.0396. The maximum absolute atomic E-state index is 8.69. The quantitative estimate of drug-likeness (QED) is 0.397. The molecule has 0 fully saturated rings. The van der Waals surface area contributed by atoms with Crippen molar-refractivity contribution in [2.24, 2.45) is 0 Å². The van der Waals surface area contributed by atoms with Crippen LogP contribution in [-0.4, -0.2) is 14.9 Å². The van der Waals surface area contributed by atoms with Crippen LogP contribution in [0.1, 0.15) is 0 Å². The number of nitrogens with zero attached hydrogens (tertiary/aromatic N) is 2. The van der Waals surface area contributed by atoms with Crippen LogP contribution in [0.3, 0.4) is 0 Å². The Balaban J connectivity index is 3.34. The van der Waals surface area contributed by atoms with Gasteiger partial charge in [0.2, 0.25) is 5.95 Å². The van der Waals surface area contributed by atoms with E-state index in [0.29, 0.717) is 4.73 Å². The van der Waals surface area contributed by atoms with Crippen LogP contribution < -0.4 is 11.2 Å². The predicted octanol–water partition coefficient (Wildman–Crippen LogP) is -0.818. The highest BCUT2D eigenvalue weighted by Crippen LogP contribution is 1.84. The van der Waals surface area contributed by atoms with Crippen LogP contribution in [0, 0.1) is 5.41 Å². The minimum Gasteiger partial charge on any atom is -0.426 e. The van der Waals surface area contributed by atoms with E-state index in [1.807, 2.05) is 0 Å². The Morgan fingerprint density at radius 1 is 1.78 bits per heavy atom. The van der Waals surface area contributed by atoms with Crippen LogP contribution in [0.5, 0.6) is 0 Å². The molecule has 0 saturated heterocycles. The first-order valence-electron chi connectivity index (χ1n) is 2.29. The lowest BCUT2D eigenvalue weighted by Crippen LogP contribution is -2.13. The van der Waals surface area contributed by atoms with E-state index in [2.05, 4.69) is 4.98 Å². The third-order valence-corrected chi connectivity index (χ3v) is 0.843. The third-order valence-electron chi connectivity index (χ3n) is 0.843. The van der Waals surface area contributed by atoms with Gasteiger partial charge in [0, 0.05) is 6.07 Å². The first-order valence-corrected chi connectivity index (χ1v) is 2.29. The van der Waals surface area contributed by atoms with Gasteiger partial charge in [0.15, 0.2) is 0 Å². The van der Waals surface area contributed by atoms with E-state index < -0.39 is 0 Å². The fourth-order valence-corrected chi connectivity index (χ4v) is 0.429. The molecule has 0 saturated carbocycles. The molecule has 0 bridgehead atoms. The van der Waals surface area contributed by atoms with Crippen molar-refractivity contribution >= 4 is 5.95 Å². The van der Waals surface area contributed by atoms with Gasteiger partial charge in [0.25, 0.3) is 0 Å². The summed E-state index contributed by atoms with van der Waals surface area (Å²) in [5.74, 6) is -0.0810. The van der Waals surface area contributed by atoms with Crippen molar-refractivity contribution in [2.75, 3.05) is 5.73 Å². The highest BCUT2D eigenvalue weighted by Gasteiger charge is 1.89. The Kier molecular flexibility index (Phi) is 1.11. The fraction of sp³-hybridized carbons (Fsp3) is 0. The normalized spacial score (nSPS) is 9.33. The highest BCUT2D eigenvalue weighted by molar-refractivity contribution is 5.12. The summed E-state index contributed by atoms with van der Waals surface area (Å²) in [5.41, 5.74) is 5.14.